The maximum absolute atomic E-state index is 11.4. The molecule has 0 aliphatic carbocycles. The zero-order valence-electron chi connectivity index (χ0n) is 11.1. The van der Waals surface area contributed by atoms with Gasteiger partial charge >= 0.3 is 5.97 Å². The molecular weight excluding hydrogens is 238 g/mol. The molecular formula is C12H23NO3S. The Balaban J connectivity index is 3.56. The Bertz CT molecular complexity index is 261. The lowest BCUT2D eigenvalue weighted by Crippen LogP contribution is -2.28. The average molecular weight is 261 g/mol. The van der Waals surface area contributed by atoms with Gasteiger partial charge in [0.1, 0.15) is 0 Å². The molecule has 1 unspecified atom stereocenters. The van der Waals surface area contributed by atoms with E-state index in [0.29, 0.717) is 25.1 Å². The van der Waals surface area contributed by atoms with E-state index in [1.54, 1.807) is 18.7 Å². The second-order valence-electron chi connectivity index (χ2n) is 5.13. The van der Waals surface area contributed by atoms with Crippen molar-refractivity contribution in [3.05, 3.63) is 0 Å². The molecule has 1 atom stereocenters. The highest BCUT2D eigenvalue weighted by Crippen LogP contribution is 2.22. The van der Waals surface area contributed by atoms with Crippen molar-refractivity contribution < 1.29 is 14.7 Å². The number of thioether (sulfide) groups is 1. The molecule has 0 rings (SSSR count). The minimum absolute atomic E-state index is 0.0212. The van der Waals surface area contributed by atoms with E-state index in [1.165, 1.54) is 0 Å². The molecule has 0 saturated carbocycles. The van der Waals surface area contributed by atoms with Gasteiger partial charge in [-0.25, -0.2) is 0 Å². The van der Waals surface area contributed by atoms with E-state index in [-0.39, 0.29) is 16.6 Å². The van der Waals surface area contributed by atoms with Crippen molar-refractivity contribution >= 4 is 23.6 Å². The number of carbonyl (C=O) groups is 2. The smallest absolute Gasteiger partial charge is 0.306 e. The van der Waals surface area contributed by atoms with Crippen LogP contribution in [0.25, 0.3) is 0 Å². The molecule has 0 aromatic rings. The van der Waals surface area contributed by atoms with Crippen LogP contribution in [0.15, 0.2) is 0 Å². The molecule has 0 bridgehead atoms. The van der Waals surface area contributed by atoms with Crippen molar-refractivity contribution in [2.24, 2.45) is 5.92 Å². The quantitative estimate of drug-likeness (QED) is 0.689. The molecule has 4 nitrogen and oxygen atoms in total. The van der Waals surface area contributed by atoms with Crippen molar-refractivity contribution in [3.8, 4) is 0 Å². The highest BCUT2D eigenvalue weighted by atomic mass is 32.2. The summed E-state index contributed by atoms with van der Waals surface area (Å²) in [5.74, 6) is -0.638. The Hall–Kier alpha value is -0.710. The lowest BCUT2D eigenvalue weighted by molar-refractivity contribution is -0.141. The number of carboxylic acids is 1. The van der Waals surface area contributed by atoms with Crippen molar-refractivity contribution in [2.75, 3.05) is 12.3 Å². The number of carbonyl (C=O) groups excluding carboxylic acids is 1. The summed E-state index contributed by atoms with van der Waals surface area (Å²) in [7, 11) is 0. The summed E-state index contributed by atoms with van der Waals surface area (Å²) >= 11 is 1.60. The average Bonchev–Trinajstić information content (AvgIpc) is 2.20. The number of amides is 1. The molecule has 0 radical (unpaired) electrons. The summed E-state index contributed by atoms with van der Waals surface area (Å²) < 4.78 is 0.0924. The Morgan fingerprint density at radius 1 is 1.35 bits per heavy atom. The van der Waals surface area contributed by atoms with Gasteiger partial charge in [0.2, 0.25) is 5.91 Å². The summed E-state index contributed by atoms with van der Waals surface area (Å²) in [5, 5.41) is 11.5. The molecule has 0 aromatic heterocycles. The number of carboxylic acid groups (broad SMARTS) is 1. The van der Waals surface area contributed by atoms with E-state index in [9.17, 15) is 9.59 Å². The van der Waals surface area contributed by atoms with Gasteiger partial charge in [-0.1, -0.05) is 27.7 Å². The molecule has 0 aliphatic rings. The maximum atomic E-state index is 11.4. The molecule has 0 aliphatic heterocycles. The molecule has 17 heavy (non-hydrogen) atoms. The van der Waals surface area contributed by atoms with E-state index in [4.69, 9.17) is 5.11 Å². The monoisotopic (exact) mass is 261 g/mol. The van der Waals surface area contributed by atoms with Gasteiger partial charge in [-0.3, -0.25) is 9.59 Å². The fraction of sp³-hybridized carbons (Fsp3) is 0.833. The third-order valence-electron chi connectivity index (χ3n) is 2.19. The molecule has 1 amide bonds. The predicted molar refractivity (Wildman–Crippen MR) is 71.3 cm³/mol. The fourth-order valence-corrected chi connectivity index (χ4v) is 1.76. The minimum Gasteiger partial charge on any atom is -0.481 e. The zero-order chi connectivity index (χ0) is 13.5. The van der Waals surface area contributed by atoms with Crippen LogP contribution < -0.4 is 5.32 Å². The van der Waals surface area contributed by atoms with Gasteiger partial charge in [-0.15, -0.1) is 11.8 Å². The number of rotatable bonds is 7. The fourth-order valence-electron chi connectivity index (χ4n) is 1.09. The molecule has 0 fully saturated rings. The second kappa shape index (κ2) is 7.58. The van der Waals surface area contributed by atoms with Crippen LogP contribution in [0.4, 0.5) is 0 Å². The molecule has 5 heteroatoms. The van der Waals surface area contributed by atoms with Crippen LogP contribution in [-0.2, 0) is 9.59 Å². The number of hydrogen-bond donors (Lipinski definition) is 2. The number of nitrogens with one attached hydrogen (secondary N) is 1. The molecule has 2 N–H and O–H groups in total. The van der Waals surface area contributed by atoms with E-state index >= 15 is 0 Å². The normalized spacial score (nSPS) is 13.2. The van der Waals surface area contributed by atoms with Crippen molar-refractivity contribution in [3.63, 3.8) is 0 Å². The van der Waals surface area contributed by atoms with E-state index < -0.39 is 5.97 Å². The number of hydrogen-bond acceptors (Lipinski definition) is 3. The van der Waals surface area contributed by atoms with Crippen LogP contribution in [0.1, 0.15) is 40.5 Å². The van der Waals surface area contributed by atoms with Gasteiger partial charge in [-0.2, -0.15) is 0 Å². The summed E-state index contributed by atoms with van der Waals surface area (Å²) in [6, 6.07) is 0. The third-order valence-corrected chi connectivity index (χ3v) is 3.47. The van der Waals surface area contributed by atoms with Crippen molar-refractivity contribution in [1.29, 1.82) is 0 Å². The molecule has 0 aromatic carbocycles. The van der Waals surface area contributed by atoms with Crippen molar-refractivity contribution in [2.45, 2.75) is 45.3 Å². The highest BCUT2D eigenvalue weighted by Gasteiger charge is 2.13. The minimum atomic E-state index is -0.778. The van der Waals surface area contributed by atoms with Crippen LogP contribution in [0.2, 0.25) is 0 Å². The summed E-state index contributed by atoms with van der Waals surface area (Å²) in [5.41, 5.74) is 0. The first-order valence-electron chi connectivity index (χ1n) is 5.86. The highest BCUT2D eigenvalue weighted by molar-refractivity contribution is 8.01. The van der Waals surface area contributed by atoms with Crippen LogP contribution >= 0.6 is 11.8 Å². The van der Waals surface area contributed by atoms with Gasteiger partial charge in [0.05, 0.1) is 11.7 Å². The van der Waals surface area contributed by atoms with Gasteiger partial charge in [0.15, 0.2) is 0 Å². The van der Waals surface area contributed by atoms with Gasteiger partial charge in [0.25, 0.3) is 0 Å². The first-order chi connectivity index (χ1) is 7.72. The second-order valence-corrected chi connectivity index (χ2v) is 6.93. The van der Waals surface area contributed by atoms with Crippen LogP contribution in [0.5, 0.6) is 0 Å². The third kappa shape index (κ3) is 10.2. The Labute approximate surface area is 108 Å². The maximum Gasteiger partial charge on any atom is 0.306 e. The molecule has 0 saturated heterocycles. The number of aliphatic carboxylic acids is 1. The summed E-state index contributed by atoms with van der Waals surface area (Å²) in [6.45, 7) is 8.44. The largest absolute Gasteiger partial charge is 0.481 e. The lowest BCUT2D eigenvalue weighted by Gasteiger charge is -2.17. The Morgan fingerprint density at radius 2 is 1.94 bits per heavy atom. The van der Waals surface area contributed by atoms with E-state index in [1.807, 2.05) is 0 Å². The summed E-state index contributed by atoms with van der Waals surface area (Å²) in [4.78, 5) is 22.0. The summed E-state index contributed by atoms with van der Waals surface area (Å²) in [6.07, 6.45) is 1.31. The van der Waals surface area contributed by atoms with Gasteiger partial charge in [0, 0.05) is 11.3 Å². The van der Waals surface area contributed by atoms with E-state index in [0.717, 1.165) is 0 Å². The predicted octanol–water partition coefficient (Wildman–Crippen LogP) is 2.14. The van der Waals surface area contributed by atoms with Crippen LogP contribution in [0, 0.1) is 5.92 Å². The van der Waals surface area contributed by atoms with Gasteiger partial charge in [-0.05, 0) is 12.8 Å². The standard InChI is InChI=1S/C12H23NO3S/c1-9(11(15)16)6-5-7-13-10(14)8-17-12(2,3)4/h9H,5-8H2,1-4H3,(H,13,14)(H,15,16). The topological polar surface area (TPSA) is 66.4 Å². The van der Waals surface area contributed by atoms with Gasteiger partial charge < -0.3 is 10.4 Å². The Kier molecular flexibility index (Phi) is 7.27. The lowest BCUT2D eigenvalue weighted by atomic mass is 10.1. The SMILES string of the molecule is CC(CCCNC(=O)CSC(C)(C)C)C(=O)O. The van der Waals surface area contributed by atoms with Crippen LogP contribution in [-0.4, -0.2) is 34.0 Å². The van der Waals surface area contributed by atoms with E-state index in [2.05, 4.69) is 26.1 Å². The Morgan fingerprint density at radius 3 is 2.41 bits per heavy atom. The molecule has 100 valence electrons. The van der Waals surface area contributed by atoms with Crippen molar-refractivity contribution in [1.82, 2.24) is 5.32 Å². The first-order valence-corrected chi connectivity index (χ1v) is 6.84. The molecule has 0 spiro atoms. The van der Waals surface area contributed by atoms with Crippen LogP contribution in [0.3, 0.4) is 0 Å². The molecule has 0 heterocycles. The zero-order valence-corrected chi connectivity index (χ0v) is 11.9. The first kappa shape index (κ1) is 16.3.